The number of hydrogen-bond acceptors (Lipinski definition) is 4. The number of carbonyl (C=O) groups is 1. The van der Waals surface area contributed by atoms with Gasteiger partial charge in [-0.2, -0.15) is 0 Å². The molecule has 6 nitrogen and oxygen atoms in total. The van der Waals surface area contributed by atoms with Crippen LogP contribution >= 0.6 is 12.4 Å². The van der Waals surface area contributed by atoms with Crippen molar-refractivity contribution in [2.75, 3.05) is 30.6 Å². The van der Waals surface area contributed by atoms with Gasteiger partial charge >= 0.3 is 0 Å². The lowest BCUT2D eigenvalue weighted by atomic mass is 10.2. The molecule has 120 valence electrons. The SMILES string of the molecule is CCCNCCNC(=O)c1ccc(NS(C)(=O)=O)cc1.Cl. The zero-order chi connectivity index (χ0) is 15.0. The Morgan fingerprint density at radius 2 is 1.71 bits per heavy atom. The standard InChI is InChI=1S/C13H21N3O3S.ClH/c1-3-8-14-9-10-15-13(17)11-4-6-12(7-5-11)16-20(2,18)19;/h4-7,14,16H,3,8-10H2,1-2H3,(H,15,17);1H. The lowest BCUT2D eigenvalue weighted by Crippen LogP contribution is -2.32. The number of amides is 1. The molecule has 0 heterocycles. The molecule has 0 bridgehead atoms. The van der Waals surface area contributed by atoms with Crippen LogP contribution in [0.2, 0.25) is 0 Å². The van der Waals surface area contributed by atoms with Crippen molar-refractivity contribution in [1.29, 1.82) is 0 Å². The average molecular weight is 336 g/mol. The number of carbonyl (C=O) groups excluding carboxylic acids is 1. The van der Waals surface area contributed by atoms with Gasteiger partial charge in [-0.15, -0.1) is 12.4 Å². The highest BCUT2D eigenvalue weighted by molar-refractivity contribution is 7.92. The second-order valence-electron chi connectivity index (χ2n) is 4.46. The quantitative estimate of drug-likeness (QED) is 0.623. The maximum atomic E-state index is 11.8. The molecule has 0 aromatic heterocycles. The van der Waals surface area contributed by atoms with Crippen molar-refractivity contribution in [3.8, 4) is 0 Å². The number of anilines is 1. The predicted molar refractivity (Wildman–Crippen MR) is 87.7 cm³/mol. The first-order valence-corrected chi connectivity index (χ1v) is 8.38. The summed E-state index contributed by atoms with van der Waals surface area (Å²) in [5, 5.41) is 5.97. The van der Waals surface area contributed by atoms with Crippen molar-refractivity contribution in [2.45, 2.75) is 13.3 Å². The van der Waals surface area contributed by atoms with Gasteiger partial charge in [0.2, 0.25) is 10.0 Å². The summed E-state index contributed by atoms with van der Waals surface area (Å²) in [6, 6.07) is 6.29. The molecule has 0 aliphatic rings. The van der Waals surface area contributed by atoms with E-state index >= 15 is 0 Å². The fourth-order valence-electron chi connectivity index (χ4n) is 1.57. The average Bonchev–Trinajstić information content (AvgIpc) is 2.37. The molecule has 1 amide bonds. The van der Waals surface area contributed by atoms with Gasteiger partial charge in [-0.1, -0.05) is 6.92 Å². The van der Waals surface area contributed by atoms with Crippen molar-refractivity contribution in [3.05, 3.63) is 29.8 Å². The van der Waals surface area contributed by atoms with Crippen molar-refractivity contribution in [2.24, 2.45) is 0 Å². The van der Waals surface area contributed by atoms with E-state index in [0.29, 0.717) is 17.8 Å². The largest absolute Gasteiger partial charge is 0.351 e. The molecule has 8 heteroatoms. The molecule has 1 aromatic rings. The summed E-state index contributed by atoms with van der Waals surface area (Å²) in [6.07, 6.45) is 2.14. The van der Waals surface area contributed by atoms with E-state index < -0.39 is 10.0 Å². The number of nitrogens with one attached hydrogen (secondary N) is 3. The Kier molecular flexibility index (Phi) is 9.00. The molecule has 0 spiro atoms. The molecular formula is C13H22ClN3O3S. The van der Waals surface area contributed by atoms with Crippen LogP contribution in [-0.4, -0.2) is 40.2 Å². The van der Waals surface area contributed by atoms with Gasteiger partial charge in [-0.05, 0) is 37.2 Å². The molecule has 1 rings (SSSR count). The number of sulfonamides is 1. The highest BCUT2D eigenvalue weighted by atomic mass is 35.5. The molecule has 21 heavy (non-hydrogen) atoms. The van der Waals surface area contributed by atoms with Crippen molar-refractivity contribution in [1.82, 2.24) is 10.6 Å². The van der Waals surface area contributed by atoms with Crippen LogP contribution in [-0.2, 0) is 10.0 Å². The Hall–Kier alpha value is -1.31. The summed E-state index contributed by atoms with van der Waals surface area (Å²) < 4.78 is 24.4. The van der Waals surface area contributed by atoms with Gasteiger partial charge in [0.1, 0.15) is 0 Å². The molecule has 0 fully saturated rings. The van der Waals surface area contributed by atoms with Crippen LogP contribution < -0.4 is 15.4 Å². The van der Waals surface area contributed by atoms with Crippen LogP contribution in [0.15, 0.2) is 24.3 Å². The van der Waals surface area contributed by atoms with Crippen LogP contribution in [0, 0.1) is 0 Å². The van der Waals surface area contributed by atoms with Gasteiger partial charge in [0.05, 0.1) is 6.26 Å². The van der Waals surface area contributed by atoms with E-state index in [1.807, 2.05) is 0 Å². The van der Waals surface area contributed by atoms with Gasteiger partial charge in [0, 0.05) is 24.3 Å². The molecule has 0 aliphatic carbocycles. The first kappa shape index (κ1) is 19.7. The second kappa shape index (κ2) is 9.59. The molecule has 0 saturated carbocycles. The predicted octanol–water partition coefficient (Wildman–Crippen LogP) is 1.21. The van der Waals surface area contributed by atoms with E-state index in [4.69, 9.17) is 0 Å². The van der Waals surface area contributed by atoms with Crippen LogP contribution in [0.4, 0.5) is 5.69 Å². The van der Waals surface area contributed by atoms with Gasteiger partial charge in [0.15, 0.2) is 0 Å². The minimum atomic E-state index is -3.29. The third-order valence-electron chi connectivity index (χ3n) is 2.46. The lowest BCUT2D eigenvalue weighted by molar-refractivity contribution is 0.0954. The van der Waals surface area contributed by atoms with Gasteiger partial charge < -0.3 is 10.6 Å². The van der Waals surface area contributed by atoms with Crippen LogP contribution in [0.25, 0.3) is 0 Å². The van der Waals surface area contributed by atoms with Gasteiger partial charge in [0.25, 0.3) is 5.91 Å². The van der Waals surface area contributed by atoms with E-state index in [0.717, 1.165) is 25.8 Å². The monoisotopic (exact) mass is 335 g/mol. The minimum Gasteiger partial charge on any atom is -0.351 e. The summed E-state index contributed by atoms with van der Waals surface area (Å²) in [6.45, 7) is 4.30. The van der Waals surface area contributed by atoms with Crippen molar-refractivity contribution < 1.29 is 13.2 Å². The van der Waals surface area contributed by atoms with Crippen LogP contribution in [0.3, 0.4) is 0 Å². The van der Waals surface area contributed by atoms with Crippen molar-refractivity contribution in [3.63, 3.8) is 0 Å². The van der Waals surface area contributed by atoms with Crippen LogP contribution in [0.1, 0.15) is 23.7 Å². The summed E-state index contributed by atoms with van der Waals surface area (Å²) in [5.74, 6) is -0.172. The minimum absolute atomic E-state index is 0. The third-order valence-corrected chi connectivity index (χ3v) is 3.07. The molecule has 0 saturated heterocycles. The summed E-state index contributed by atoms with van der Waals surface area (Å²) >= 11 is 0. The second-order valence-corrected chi connectivity index (χ2v) is 6.21. The topological polar surface area (TPSA) is 87.3 Å². The smallest absolute Gasteiger partial charge is 0.251 e. The van der Waals surface area contributed by atoms with E-state index in [1.165, 1.54) is 0 Å². The van der Waals surface area contributed by atoms with E-state index in [1.54, 1.807) is 24.3 Å². The zero-order valence-electron chi connectivity index (χ0n) is 12.2. The molecule has 0 radical (unpaired) electrons. The highest BCUT2D eigenvalue weighted by Gasteiger charge is 2.06. The number of hydrogen-bond donors (Lipinski definition) is 3. The normalized spacial score (nSPS) is 10.6. The van der Waals surface area contributed by atoms with E-state index in [2.05, 4.69) is 22.3 Å². The number of halogens is 1. The van der Waals surface area contributed by atoms with E-state index in [-0.39, 0.29) is 18.3 Å². The third kappa shape index (κ3) is 8.54. The molecule has 1 aromatic carbocycles. The number of rotatable bonds is 8. The number of benzene rings is 1. The van der Waals surface area contributed by atoms with Crippen LogP contribution in [0.5, 0.6) is 0 Å². The molecule has 0 aliphatic heterocycles. The summed E-state index contributed by atoms with van der Waals surface area (Å²) in [4.78, 5) is 11.8. The zero-order valence-corrected chi connectivity index (χ0v) is 13.8. The molecular weight excluding hydrogens is 314 g/mol. The molecule has 0 atom stereocenters. The lowest BCUT2D eigenvalue weighted by Gasteiger charge is -2.07. The van der Waals surface area contributed by atoms with Gasteiger partial charge in [-0.3, -0.25) is 9.52 Å². The fourth-order valence-corrected chi connectivity index (χ4v) is 2.14. The Bertz CT molecular complexity index is 532. The molecule has 0 unspecified atom stereocenters. The molecule has 3 N–H and O–H groups in total. The Morgan fingerprint density at radius 3 is 2.24 bits per heavy atom. The maximum Gasteiger partial charge on any atom is 0.251 e. The van der Waals surface area contributed by atoms with Crippen molar-refractivity contribution >= 4 is 34.0 Å². The first-order valence-electron chi connectivity index (χ1n) is 6.49. The highest BCUT2D eigenvalue weighted by Crippen LogP contribution is 2.10. The fraction of sp³-hybridized carbons (Fsp3) is 0.462. The van der Waals surface area contributed by atoms with E-state index in [9.17, 15) is 13.2 Å². The van der Waals surface area contributed by atoms with Gasteiger partial charge in [-0.25, -0.2) is 8.42 Å². The first-order chi connectivity index (χ1) is 9.42. The Balaban J connectivity index is 0.00000400. The maximum absolute atomic E-state index is 11.8. The summed E-state index contributed by atoms with van der Waals surface area (Å²) in [5.41, 5.74) is 0.938. The Labute approximate surface area is 132 Å². The Morgan fingerprint density at radius 1 is 1.10 bits per heavy atom. The summed E-state index contributed by atoms with van der Waals surface area (Å²) in [7, 11) is -3.29.